The van der Waals surface area contributed by atoms with Crippen molar-refractivity contribution in [3.63, 3.8) is 0 Å². The van der Waals surface area contributed by atoms with Crippen LogP contribution in [0.1, 0.15) is 32.3 Å². The maximum atomic E-state index is 6.09. The maximum Gasteiger partial charge on any atom is 0.0602 e. The summed E-state index contributed by atoms with van der Waals surface area (Å²) in [5.74, 6) is 0. The number of hydrogen-bond acceptors (Lipinski definition) is 2. The van der Waals surface area contributed by atoms with Gasteiger partial charge >= 0.3 is 0 Å². The molecule has 0 radical (unpaired) electrons. The van der Waals surface area contributed by atoms with Gasteiger partial charge in [0.2, 0.25) is 0 Å². The monoisotopic (exact) mass is 206 g/mol. The van der Waals surface area contributed by atoms with Gasteiger partial charge in [-0.1, -0.05) is 26.0 Å². The number of hydrogen-bond donors (Lipinski definition) is 1. The zero-order valence-electron chi connectivity index (χ0n) is 10.2. The smallest absolute Gasteiger partial charge is 0.0602 e. The van der Waals surface area contributed by atoms with E-state index in [9.17, 15) is 0 Å². The molecule has 84 valence electrons. The molecule has 0 atom stereocenters. The van der Waals surface area contributed by atoms with Crippen molar-refractivity contribution in [2.24, 2.45) is 0 Å². The molecule has 0 bridgehead atoms. The summed E-state index contributed by atoms with van der Waals surface area (Å²) in [6, 6.07) is 6.80. The Kier molecular flexibility index (Phi) is 4.01. The Morgan fingerprint density at radius 1 is 1.27 bits per heavy atom. The van der Waals surface area contributed by atoms with Crippen LogP contribution in [0.4, 0.5) is 11.4 Å². The third-order valence-corrected chi connectivity index (χ3v) is 3.17. The highest BCUT2D eigenvalue weighted by Gasteiger charge is 2.13. The number of aryl methyl sites for hydroxylation is 1. The largest absolute Gasteiger partial charge is 0.397 e. The fraction of sp³-hybridized carbons (Fsp3) is 0.538. The Bertz CT molecular complexity index is 316. The summed E-state index contributed by atoms with van der Waals surface area (Å²) in [7, 11) is 2.13. The molecule has 1 rings (SSSR count). The Balaban J connectivity index is 2.99. The van der Waals surface area contributed by atoms with E-state index >= 15 is 0 Å². The summed E-state index contributed by atoms with van der Waals surface area (Å²) in [5, 5.41) is 0. The molecule has 0 saturated heterocycles. The van der Waals surface area contributed by atoms with Gasteiger partial charge in [0.15, 0.2) is 0 Å². The van der Waals surface area contributed by atoms with Crippen LogP contribution in [-0.4, -0.2) is 13.1 Å². The first-order valence-corrected chi connectivity index (χ1v) is 5.69. The molecule has 0 amide bonds. The molecular weight excluding hydrogens is 184 g/mol. The zero-order chi connectivity index (χ0) is 11.4. The molecule has 1 aromatic rings. The van der Waals surface area contributed by atoms with Gasteiger partial charge in [-0.15, -0.1) is 0 Å². The number of anilines is 2. The summed E-state index contributed by atoms with van der Waals surface area (Å²) in [5.41, 5.74) is 9.31. The number of benzene rings is 1. The lowest BCUT2D eigenvalue weighted by Gasteiger charge is -2.29. The normalized spacial score (nSPS) is 10.7. The number of para-hydroxylation sites is 1. The van der Waals surface area contributed by atoms with Crippen LogP contribution in [0.5, 0.6) is 0 Å². The quantitative estimate of drug-likeness (QED) is 0.766. The molecule has 0 aliphatic rings. The summed E-state index contributed by atoms with van der Waals surface area (Å²) < 4.78 is 0. The van der Waals surface area contributed by atoms with Gasteiger partial charge in [0, 0.05) is 13.1 Å². The highest BCUT2D eigenvalue weighted by atomic mass is 15.1. The molecule has 2 N–H and O–H groups in total. The van der Waals surface area contributed by atoms with Crippen molar-refractivity contribution in [3.8, 4) is 0 Å². The molecule has 0 aliphatic carbocycles. The minimum absolute atomic E-state index is 0.578. The van der Waals surface area contributed by atoms with E-state index in [0.29, 0.717) is 6.04 Å². The van der Waals surface area contributed by atoms with Gasteiger partial charge in [0.1, 0.15) is 0 Å². The summed E-state index contributed by atoms with van der Waals surface area (Å²) in [4.78, 5) is 2.29. The maximum absolute atomic E-state index is 6.09. The van der Waals surface area contributed by atoms with Crippen molar-refractivity contribution in [1.82, 2.24) is 0 Å². The van der Waals surface area contributed by atoms with Crippen LogP contribution in [0.3, 0.4) is 0 Å². The van der Waals surface area contributed by atoms with E-state index in [1.165, 1.54) is 0 Å². The second-order valence-electron chi connectivity index (χ2n) is 4.09. The third-order valence-electron chi connectivity index (χ3n) is 3.17. The fourth-order valence-corrected chi connectivity index (χ4v) is 2.01. The molecule has 0 heterocycles. The van der Waals surface area contributed by atoms with E-state index in [0.717, 1.165) is 29.8 Å². The predicted molar refractivity (Wildman–Crippen MR) is 68.4 cm³/mol. The highest BCUT2D eigenvalue weighted by Crippen LogP contribution is 2.27. The molecule has 0 aromatic heterocycles. The van der Waals surface area contributed by atoms with E-state index in [4.69, 9.17) is 5.73 Å². The first-order chi connectivity index (χ1) is 7.11. The van der Waals surface area contributed by atoms with Crippen LogP contribution in [0.15, 0.2) is 18.2 Å². The lowest BCUT2D eigenvalue weighted by molar-refractivity contribution is 0.592. The van der Waals surface area contributed by atoms with Gasteiger partial charge in [0.05, 0.1) is 11.4 Å². The second-order valence-corrected chi connectivity index (χ2v) is 4.09. The minimum Gasteiger partial charge on any atom is -0.397 e. The van der Waals surface area contributed by atoms with Crippen LogP contribution in [-0.2, 0) is 0 Å². The summed E-state index contributed by atoms with van der Waals surface area (Å²) in [6.07, 6.45) is 2.31. The van der Waals surface area contributed by atoms with Crippen molar-refractivity contribution in [2.45, 2.75) is 39.7 Å². The molecule has 0 spiro atoms. The lowest BCUT2D eigenvalue weighted by atomic mass is 10.1. The second kappa shape index (κ2) is 5.06. The van der Waals surface area contributed by atoms with Gasteiger partial charge in [-0.25, -0.2) is 0 Å². The zero-order valence-corrected chi connectivity index (χ0v) is 10.2. The van der Waals surface area contributed by atoms with Crippen molar-refractivity contribution >= 4 is 11.4 Å². The highest BCUT2D eigenvalue weighted by molar-refractivity contribution is 5.70. The lowest BCUT2D eigenvalue weighted by Crippen LogP contribution is -2.31. The Morgan fingerprint density at radius 3 is 2.40 bits per heavy atom. The van der Waals surface area contributed by atoms with E-state index in [1.807, 2.05) is 0 Å². The van der Waals surface area contributed by atoms with Crippen molar-refractivity contribution in [1.29, 1.82) is 0 Å². The summed E-state index contributed by atoms with van der Waals surface area (Å²) in [6.45, 7) is 6.49. The van der Waals surface area contributed by atoms with Crippen LogP contribution in [0.2, 0.25) is 0 Å². The van der Waals surface area contributed by atoms with Crippen molar-refractivity contribution < 1.29 is 0 Å². The Labute approximate surface area is 93.1 Å². The number of nitrogens with zero attached hydrogens (tertiary/aromatic N) is 1. The van der Waals surface area contributed by atoms with Crippen LogP contribution in [0, 0.1) is 6.92 Å². The topological polar surface area (TPSA) is 29.3 Å². The number of nitrogen functional groups attached to an aromatic ring is 1. The van der Waals surface area contributed by atoms with Crippen LogP contribution in [0.25, 0.3) is 0 Å². The van der Waals surface area contributed by atoms with Gasteiger partial charge in [-0.05, 0) is 31.4 Å². The minimum atomic E-state index is 0.578. The molecule has 0 fully saturated rings. The molecule has 1 aromatic carbocycles. The number of rotatable bonds is 4. The fourth-order valence-electron chi connectivity index (χ4n) is 2.01. The van der Waals surface area contributed by atoms with Crippen molar-refractivity contribution in [2.75, 3.05) is 17.7 Å². The predicted octanol–water partition coefficient (Wildman–Crippen LogP) is 3.20. The Morgan fingerprint density at radius 2 is 1.87 bits per heavy atom. The van der Waals surface area contributed by atoms with Crippen molar-refractivity contribution in [3.05, 3.63) is 23.8 Å². The number of nitrogens with two attached hydrogens (primary N) is 1. The molecule has 2 heteroatoms. The van der Waals surface area contributed by atoms with E-state index < -0.39 is 0 Å². The Hall–Kier alpha value is -1.18. The van der Waals surface area contributed by atoms with E-state index in [1.54, 1.807) is 0 Å². The standard InChI is InChI=1S/C13H22N2/c1-5-11(6-2)15(4)12-9-7-8-10(3)13(12)14/h7-9,11H,5-6,14H2,1-4H3. The average Bonchev–Trinajstić information content (AvgIpc) is 2.23. The molecule has 0 unspecified atom stereocenters. The van der Waals surface area contributed by atoms with E-state index in [-0.39, 0.29) is 0 Å². The van der Waals surface area contributed by atoms with Gasteiger partial charge in [0.25, 0.3) is 0 Å². The first-order valence-electron chi connectivity index (χ1n) is 5.69. The van der Waals surface area contributed by atoms with Gasteiger partial charge in [-0.2, -0.15) is 0 Å². The van der Waals surface area contributed by atoms with Crippen LogP contribution >= 0.6 is 0 Å². The summed E-state index contributed by atoms with van der Waals surface area (Å²) >= 11 is 0. The third kappa shape index (κ3) is 2.44. The van der Waals surface area contributed by atoms with Gasteiger partial charge in [-0.3, -0.25) is 0 Å². The van der Waals surface area contributed by atoms with Crippen LogP contribution < -0.4 is 10.6 Å². The first kappa shape index (κ1) is 11.9. The molecule has 2 nitrogen and oxygen atoms in total. The molecule has 0 saturated carbocycles. The van der Waals surface area contributed by atoms with Gasteiger partial charge < -0.3 is 10.6 Å². The molecule has 0 aliphatic heterocycles. The average molecular weight is 206 g/mol. The van der Waals surface area contributed by atoms with E-state index in [2.05, 4.69) is 50.9 Å². The SMILES string of the molecule is CCC(CC)N(C)c1cccc(C)c1N. The molecular formula is C13H22N2. The molecule has 15 heavy (non-hydrogen) atoms.